The molecular formula is C22H39IN4O2. The number of benzene rings is 1. The molecule has 7 heteroatoms. The minimum absolute atomic E-state index is 0. The van der Waals surface area contributed by atoms with Gasteiger partial charge in [0.25, 0.3) is 0 Å². The minimum Gasteiger partial charge on any atom is -0.497 e. The Labute approximate surface area is 193 Å². The van der Waals surface area contributed by atoms with Crippen molar-refractivity contribution in [3.05, 3.63) is 29.8 Å². The Morgan fingerprint density at radius 1 is 1.10 bits per heavy atom. The fraction of sp³-hybridized carbons (Fsp3) is 0.682. The molecule has 1 saturated heterocycles. The zero-order chi connectivity index (χ0) is 20.6. The van der Waals surface area contributed by atoms with E-state index in [0.717, 1.165) is 57.6 Å². The zero-order valence-electron chi connectivity index (χ0n) is 18.9. The molecule has 1 aliphatic heterocycles. The van der Waals surface area contributed by atoms with E-state index in [-0.39, 0.29) is 34.9 Å². The van der Waals surface area contributed by atoms with Crippen LogP contribution in [0.4, 0.5) is 0 Å². The second-order valence-electron chi connectivity index (χ2n) is 8.57. The Kier molecular flexibility index (Phi) is 10.7. The fourth-order valence-corrected chi connectivity index (χ4v) is 3.33. The van der Waals surface area contributed by atoms with Crippen molar-refractivity contribution in [3.8, 4) is 5.75 Å². The summed E-state index contributed by atoms with van der Waals surface area (Å²) in [7, 11) is 1.69. The largest absolute Gasteiger partial charge is 0.497 e. The molecule has 0 aliphatic carbocycles. The number of hydrogen-bond acceptors (Lipinski definition) is 4. The van der Waals surface area contributed by atoms with Crippen LogP contribution in [0.1, 0.15) is 40.2 Å². The second kappa shape index (κ2) is 12.0. The predicted molar refractivity (Wildman–Crippen MR) is 132 cm³/mol. The molecule has 1 aromatic rings. The second-order valence-corrected chi connectivity index (χ2v) is 8.57. The molecule has 0 aromatic heterocycles. The minimum atomic E-state index is -0.0256. The lowest BCUT2D eigenvalue weighted by Gasteiger charge is -2.40. The lowest BCUT2D eigenvalue weighted by atomic mass is 9.84. The van der Waals surface area contributed by atoms with Gasteiger partial charge in [-0.15, -0.1) is 24.0 Å². The Morgan fingerprint density at radius 3 is 2.28 bits per heavy atom. The Bertz CT molecular complexity index is 626. The van der Waals surface area contributed by atoms with E-state index in [1.165, 1.54) is 5.56 Å². The number of methoxy groups -OCH3 is 1. The van der Waals surface area contributed by atoms with Gasteiger partial charge in [-0.3, -0.25) is 9.89 Å². The van der Waals surface area contributed by atoms with Crippen molar-refractivity contribution < 1.29 is 9.47 Å². The van der Waals surface area contributed by atoms with Crippen LogP contribution in [0.15, 0.2) is 29.3 Å². The van der Waals surface area contributed by atoms with Crippen molar-refractivity contribution in [2.24, 2.45) is 4.99 Å². The molecule has 2 N–H and O–H groups in total. The van der Waals surface area contributed by atoms with Crippen molar-refractivity contribution in [2.75, 3.05) is 53.0 Å². The van der Waals surface area contributed by atoms with Gasteiger partial charge in [0.05, 0.1) is 26.9 Å². The highest BCUT2D eigenvalue weighted by Gasteiger charge is 2.28. The maximum absolute atomic E-state index is 5.48. The van der Waals surface area contributed by atoms with Crippen LogP contribution in [0.5, 0.6) is 5.75 Å². The first-order valence-electron chi connectivity index (χ1n) is 10.3. The third-order valence-electron chi connectivity index (χ3n) is 5.40. The summed E-state index contributed by atoms with van der Waals surface area (Å²) in [6.45, 7) is 17.0. The summed E-state index contributed by atoms with van der Waals surface area (Å²) < 4.78 is 10.8. The van der Waals surface area contributed by atoms with Gasteiger partial charge < -0.3 is 20.1 Å². The number of nitrogens with one attached hydrogen (secondary N) is 2. The van der Waals surface area contributed by atoms with E-state index >= 15 is 0 Å². The fourth-order valence-electron chi connectivity index (χ4n) is 3.33. The van der Waals surface area contributed by atoms with Gasteiger partial charge in [0, 0.05) is 37.1 Å². The van der Waals surface area contributed by atoms with Gasteiger partial charge in [-0.05, 0) is 38.5 Å². The molecule has 0 unspecified atom stereocenters. The van der Waals surface area contributed by atoms with Gasteiger partial charge in [-0.1, -0.05) is 26.0 Å². The van der Waals surface area contributed by atoms with Crippen LogP contribution in [0, 0.1) is 0 Å². The van der Waals surface area contributed by atoms with Crippen molar-refractivity contribution in [3.63, 3.8) is 0 Å². The van der Waals surface area contributed by atoms with Crippen molar-refractivity contribution in [1.29, 1.82) is 0 Å². The number of halogens is 1. The standard InChI is InChI=1S/C22H38N4O2.HI/c1-7-23-20(25-17-22(4,5)26-12-14-28-15-13-26)24-16-21(2,3)18-8-10-19(27-6)11-9-18;/h8-11H,7,12-17H2,1-6H3,(H2,23,24,25);1H. The van der Waals surface area contributed by atoms with Crippen molar-refractivity contribution >= 4 is 29.9 Å². The first-order chi connectivity index (χ1) is 13.3. The number of rotatable bonds is 8. The number of ether oxygens (including phenoxy) is 2. The number of aliphatic imine (C=N–C) groups is 1. The number of morpholine rings is 1. The van der Waals surface area contributed by atoms with Crippen LogP contribution in [0.2, 0.25) is 0 Å². The van der Waals surface area contributed by atoms with Crippen LogP contribution in [0.25, 0.3) is 0 Å². The van der Waals surface area contributed by atoms with E-state index in [2.05, 4.69) is 62.3 Å². The van der Waals surface area contributed by atoms with Crippen LogP contribution >= 0.6 is 24.0 Å². The smallest absolute Gasteiger partial charge is 0.191 e. The monoisotopic (exact) mass is 518 g/mol. The SMILES string of the molecule is CCNC(=NCC(C)(C)N1CCOCC1)NCC(C)(C)c1ccc(OC)cc1.I. The first kappa shape index (κ1) is 26.0. The molecule has 0 bridgehead atoms. The predicted octanol–water partition coefficient (Wildman–Crippen LogP) is 3.26. The van der Waals surface area contributed by atoms with Crippen molar-refractivity contribution in [2.45, 2.75) is 45.6 Å². The molecule has 2 rings (SSSR count). The van der Waals surface area contributed by atoms with Gasteiger partial charge in [0.1, 0.15) is 5.75 Å². The molecule has 1 fully saturated rings. The summed E-state index contributed by atoms with van der Waals surface area (Å²) in [5.41, 5.74) is 1.25. The van der Waals surface area contributed by atoms with E-state index in [1.54, 1.807) is 7.11 Å². The summed E-state index contributed by atoms with van der Waals surface area (Å²) in [4.78, 5) is 7.34. The van der Waals surface area contributed by atoms with E-state index in [0.29, 0.717) is 0 Å². The van der Waals surface area contributed by atoms with Crippen LogP contribution in [-0.2, 0) is 10.2 Å². The van der Waals surface area contributed by atoms with Gasteiger partial charge >= 0.3 is 0 Å². The van der Waals surface area contributed by atoms with E-state index in [1.807, 2.05) is 12.1 Å². The highest BCUT2D eigenvalue weighted by Crippen LogP contribution is 2.24. The van der Waals surface area contributed by atoms with E-state index in [9.17, 15) is 0 Å². The molecule has 29 heavy (non-hydrogen) atoms. The third kappa shape index (κ3) is 7.94. The number of nitrogens with zero attached hydrogens (tertiary/aromatic N) is 2. The maximum Gasteiger partial charge on any atom is 0.191 e. The summed E-state index contributed by atoms with van der Waals surface area (Å²) in [5, 5.41) is 6.90. The first-order valence-corrected chi connectivity index (χ1v) is 10.3. The average molecular weight is 518 g/mol. The lowest BCUT2D eigenvalue weighted by Crippen LogP contribution is -2.52. The van der Waals surface area contributed by atoms with E-state index in [4.69, 9.17) is 14.5 Å². The van der Waals surface area contributed by atoms with Crippen LogP contribution in [0.3, 0.4) is 0 Å². The van der Waals surface area contributed by atoms with E-state index < -0.39 is 0 Å². The molecule has 166 valence electrons. The maximum atomic E-state index is 5.48. The normalized spacial score (nSPS) is 16.1. The topological polar surface area (TPSA) is 58.1 Å². The molecule has 0 amide bonds. The molecule has 0 spiro atoms. The third-order valence-corrected chi connectivity index (χ3v) is 5.40. The summed E-state index contributed by atoms with van der Waals surface area (Å²) >= 11 is 0. The summed E-state index contributed by atoms with van der Waals surface area (Å²) in [5.74, 6) is 1.75. The van der Waals surface area contributed by atoms with Gasteiger partial charge in [-0.2, -0.15) is 0 Å². The average Bonchev–Trinajstić information content (AvgIpc) is 2.71. The number of guanidine groups is 1. The molecule has 6 nitrogen and oxygen atoms in total. The molecule has 0 radical (unpaired) electrons. The molecule has 1 aliphatic rings. The van der Waals surface area contributed by atoms with Crippen LogP contribution < -0.4 is 15.4 Å². The highest BCUT2D eigenvalue weighted by atomic mass is 127. The lowest BCUT2D eigenvalue weighted by molar-refractivity contribution is -0.00684. The highest BCUT2D eigenvalue weighted by molar-refractivity contribution is 14.0. The molecular weight excluding hydrogens is 479 g/mol. The van der Waals surface area contributed by atoms with Crippen molar-refractivity contribution in [1.82, 2.24) is 15.5 Å². The molecule has 0 saturated carbocycles. The zero-order valence-corrected chi connectivity index (χ0v) is 21.2. The van der Waals surface area contributed by atoms with Gasteiger partial charge in [-0.25, -0.2) is 0 Å². The van der Waals surface area contributed by atoms with Gasteiger partial charge in [0.15, 0.2) is 5.96 Å². The molecule has 1 aromatic carbocycles. The molecule has 0 atom stereocenters. The van der Waals surface area contributed by atoms with Crippen LogP contribution in [-0.4, -0.2) is 69.4 Å². The summed E-state index contributed by atoms with van der Waals surface area (Å²) in [6.07, 6.45) is 0. The number of hydrogen-bond donors (Lipinski definition) is 2. The Balaban J connectivity index is 0.00000420. The summed E-state index contributed by atoms with van der Waals surface area (Å²) in [6, 6.07) is 8.29. The van der Waals surface area contributed by atoms with Gasteiger partial charge in [0.2, 0.25) is 0 Å². The Morgan fingerprint density at radius 2 is 1.72 bits per heavy atom. The quantitative estimate of drug-likeness (QED) is 0.315. The molecule has 1 heterocycles. The Hall–Kier alpha value is -1.06.